The summed E-state index contributed by atoms with van der Waals surface area (Å²) in [4.78, 5) is 0. The minimum absolute atomic E-state index is 0.143. The van der Waals surface area contributed by atoms with Gasteiger partial charge < -0.3 is 13.6 Å². The molecule has 0 saturated carbocycles. The molecule has 0 amide bonds. The molecule has 1 aliphatic heterocycles. The zero-order valence-electron chi connectivity index (χ0n) is 31.8. The first-order chi connectivity index (χ1) is 29.2. The number of nitrogens with zero attached hydrogens (tertiary/aromatic N) is 3. The average Bonchev–Trinajstić information content (AvgIpc) is 3.97. The van der Waals surface area contributed by atoms with Gasteiger partial charge in [0.15, 0.2) is 0 Å². The van der Waals surface area contributed by atoms with Crippen molar-refractivity contribution in [3.8, 4) is 17.4 Å². The van der Waals surface area contributed by atoms with Gasteiger partial charge in [0.05, 0.1) is 57.6 Å². The Morgan fingerprint density at radius 3 is 1.76 bits per heavy atom. The van der Waals surface area contributed by atoms with E-state index in [1.165, 1.54) is 0 Å². The van der Waals surface area contributed by atoms with E-state index < -0.39 is 0 Å². The van der Waals surface area contributed by atoms with Gasteiger partial charge in [-0.25, -0.2) is 0 Å². The lowest BCUT2D eigenvalue weighted by Crippen LogP contribution is -2.54. The molecule has 1 aliphatic rings. The molecule has 2 unspecified atom stereocenters. The van der Waals surface area contributed by atoms with Crippen molar-refractivity contribution in [2.75, 3.05) is 0 Å². The van der Waals surface area contributed by atoms with Gasteiger partial charge in [-0.1, -0.05) is 121 Å². The number of furan rings is 1. The Kier molecular flexibility index (Phi) is 7.59. The molecule has 7 nitrogen and oxygen atoms in total. The summed E-state index contributed by atoms with van der Waals surface area (Å²) in [6.07, 6.45) is -0.587. The number of nitriles is 1. The summed E-state index contributed by atoms with van der Waals surface area (Å²) in [6, 6.07) is 66.0. The molecule has 3 N–H and O–H groups in total. The minimum atomic E-state index is -0.301. The van der Waals surface area contributed by atoms with E-state index in [4.69, 9.17) is 4.42 Å². The molecule has 59 heavy (non-hydrogen) atoms. The van der Waals surface area contributed by atoms with Crippen molar-refractivity contribution >= 4 is 65.6 Å². The van der Waals surface area contributed by atoms with Crippen molar-refractivity contribution in [2.45, 2.75) is 18.5 Å². The highest BCUT2D eigenvalue weighted by Gasteiger charge is 2.31. The van der Waals surface area contributed by atoms with Crippen molar-refractivity contribution in [3.63, 3.8) is 0 Å². The van der Waals surface area contributed by atoms with E-state index in [1.54, 1.807) is 0 Å². The topological polar surface area (TPSA) is 82.9 Å². The van der Waals surface area contributed by atoms with Crippen molar-refractivity contribution in [1.82, 2.24) is 25.1 Å². The first-order valence-corrected chi connectivity index (χ1v) is 20.0. The van der Waals surface area contributed by atoms with Crippen LogP contribution in [0.15, 0.2) is 186 Å². The van der Waals surface area contributed by atoms with Crippen LogP contribution in [0.5, 0.6) is 0 Å². The highest BCUT2D eigenvalue weighted by molar-refractivity contribution is 6.30. The molecule has 0 radical (unpaired) electrons. The number of nitrogens with one attached hydrogen (secondary N) is 3. The monoisotopic (exact) mass is 760 g/mol. The summed E-state index contributed by atoms with van der Waals surface area (Å²) >= 11 is 0. The molecule has 7 heteroatoms. The molecule has 11 aromatic rings. The van der Waals surface area contributed by atoms with Crippen molar-refractivity contribution < 1.29 is 4.42 Å². The van der Waals surface area contributed by atoms with Crippen LogP contribution in [0.1, 0.15) is 40.8 Å². The zero-order chi connectivity index (χ0) is 39.0. The molecule has 1 saturated heterocycles. The van der Waals surface area contributed by atoms with Gasteiger partial charge in [0, 0.05) is 43.9 Å². The third-order valence-corrected chi connectivity index (χ3v) is 12.1. The molecule has 4 heterocycles. The first-order valence-electron chi connectivity index (χ1n) is 20.0. The molecule has 3 aromatic heterocycles. The number of hydrogen-bond acceptors (Lipinski definition) is 5. The summed E-state index contributed by atoms with van der Waals surface area (Å²) in [7, 11) is 0. The van der Waals surface area contributed by atoms with E-state index in [0.29, 0.717) is 5.56 Å². The Balaban J connectivity index is 1.07. The Morgan fingerprint density at radius 2 is 1.05 bits per heavy atom. The van der Waals surface area contributed by atoms with Gasteiger partial charge in [-0.2, -0.15) is 5.26 Å². The second-order valence-electron chi connectivity index (χ2n) is 15.3. The number of aromatic nitrogens is 2. The van der Waals surface area contributed by atoms with Crippen LogP contribution < -0.4 is 16.0 Å². The maximum Gasteiger partial charge on any atom is 0.145 e. The van der Waals surface area contributed by atoms with Gasteiger partial charge in [0.25, 0.3) is 0 Å². The van der Waals surface area contributed by atoms with E-state index >= 15 is 0 Å². The van der Waals surface area contributed by atoms with Gasteiger partial charge in [-0.3, -0.25) is 16.0 Å². The molecule has 1 fully saturated rings. The Labute approximate surface area is 339 Å². The molecular weight excluding hydrogens is 725 g/mol. The van der Waals surface area contributed by atoms with Gasteiger partial charge in [-0.05, 0) is 71.8 Å². The molecule has 12 rings (SSSR count). The lowest BCUT2D eigenvalue weighted by Gasteiger charge is -2.40. The van der Waals surface area contributed by atoms with Crippen LogP contribution in [0.2, 0.25) is 0 Å². The smallest absolute Gasteiger partial charge is 0.145 e. The Bertz CT molecular complexity index is 3400. The van der Waals surface area contributed by atoms with Crippen LogP contribution in [0.4, 0.5) is 0 Å². The molecule has 0 spiro atoms. The van der Waals surface area contributed by atoms with Gasteiger partial charge >= 0.3 is 0 Å². The fourth-order valence-electron chi connectivity index (χ4n) is 9.48. The van der Waals surface area contributed by atoms with Crippen LogP contribution in [-0.2, 0) is 0 Å². The fraction of sp³-hybridized carbons (Fsp3) is 0.0577. The maximum atomic E-state index is 10.8. The van der Waals surface area contributed by atoms with Crippen LogP contribution in [0, 0.1) is 11.3 Å². The quantitative estimate of drug-likeness (QED) is 0.163. The Morgan fingerprint density at radius 1 is 0.458 bits per heavy atom. The van der Waals surface area contributed by atoms with Crippen molar-refractivity contribution in [2.24, 2.45) is 0 Å². The summed E-state index contributed by atoms with van der Waals surface area (Å²) in [5.41, 5.74) is 11.8. The third kappa shape index (κ3) is 5.18. The number of para-hydroxylation sites is 3. The summed E-state index contributed by atoms with van der Waals surface area (Å²) in [5.74, 6) is 0. The maximum absolute atomic E-state index is 10.8. The number of hydrogen-bond donors (Lipinski definition) is 3. The standard InChI is InChI=1S/C52H36N6O/c53-31-34-30-36(24-25-37(34)52-55-50(32-14-4-1-5-15-32)54-51(56-52)33-16-6-2-7-17-33)57-42-22-12-10-21-40(42)46-43(57)29-27-41-47-44(58(48(41)46)35-18-8-3-9-19-35)28-26-39-38-20-11-13-23-45(38)59-49(39)47/h1-30,50-52,54-56H. The fourth-order valence-corrected chi connectivity index (χ4v) is 9.48. The van der Waals surface area contributed by atoms with Crippen LogP contribution in [0.3, 0.4) is 0 Å². The second-order valence-corrected chi connectivity index (χ2v) is 15.3. The SMILES string of the molecule is N#Cc1cc(-n2c3ccccc3c3c2ccc2c4c5oc6ccccc6c5ccc4n(-c4ccccc4)c23)ccc1C1NC(c2ccccc2)NC(c2ccccc2)N1. The molecular formula is C52H36N6O. The van der Waals surface area contributed by atoms with E-state index in [2.05, 4.69) is 183 Å². The van der Waals surface area contributed by atoms with E-state index in [1.807, 2.05) is 30.3 Å². The second kappa shape index (κ2) is 13.3. The molecule has 2 atom stereocenters. The first kappa shape index (κ1) is 33.6. The molecule has 0 aliphatic carbocycles. The molecule has 0 bridgehead atoms. The van der Waals surface area contributed by atoms with Crippen LogP contribution in [-0.4, -0.2) is 9.13 Å². The lowest BCUT2D eigenvalue weighted by molar-refractivity contribution is 0.203. The third-order valence-electron chi connectivity index (χ3n) is 12.1. The highest BCUT2D eigenvalue weighted by Crippen LogP contribution is 2.45. The van der Waals surface area contributed by atoms with Gasteiger partial charge in [0.1, 0.15) is 11.2 Å². The predicted molar refractivity (Wildman–Crippen MR) is 238 cm³/mol. The minimum Gasteiger partial charge on any atom is -0.455 e. The van der Waals surface area contributed by atoms with E-state index in [-0.39, 0.29) is 18.5 Å². The van der Waals surface area contributed by atoms with Gasteiger partial charge in [-0.15, -0.1) is 0 Å². The van der Waals surface area contributed by atoms with Crippen LogP contribution in [0.25, 0.3) is 76.9 Å². The highest BCUT2D eigenvalue weighted by atomic mass is 16.3. The van der Waals surface area contributed by atoms with Crippen LogP contribution >= 0.6 is 0 Å². The van der Waals surface area contributed by atoms with E-state index in [0.717, 1.165) is 93.6 Å². The average molecular weight is 761 g/mol. The van der Waals surface area contributed by atoms with Gasteiger partial charge in [0.2, 0.25) is 0 Å². The molecule has 8 aromatic carbocycles. The zero-order valence-corrected chi connectivity index (χ0v) is 31.8. The normalized spacial score (nSPS) is 17.1. The van der Waals surface area contributed by atoms with Crippen molar-refractivity contribution in [1.29, 1.82) is 5.26 Å². The predicted octanol–water partition coefficient (Wildman–Crippen LogP) is 11.8. The van der Waals surface area contributed by atoms with E-state index in [9.17, 15) is 5.26 Å². The number of fused-ring (bicyclic) bond motifs is 11. The van der Waals surface area contributed by atoms with Crippen molar-refractivity contribution in [3.05, 3.63) is 204 Å². The number of rotatable bonds is 5. The molecule has 280 valence electrons. The number of benzene rings is 8. The summed E-state index contributed by atoms with van der Waals surface area (Å²) < 4.78 is 11.4. The summed E-state index contributed by atoms with van der Waals surface area (Å²) in [5, 5.41) is 28.8. The largest absolute Gasteiger partial charge is 0.455 e. The Hall–Kier alpha value is -7.47. The lowest BCUT2D eigenvalue weighted by atomic mass is 10.0. The summed E-state index contributed by atoms with van der Waals surface area (Å²) in [6.45, 7) is 0.